The Morgan fingerprint density at radius 3 is 2.74 bits per heavy atom. The monoisotopic (exact) mass is 468 g/mol. The molecule has 2 heterocycles. The molecule has 4 aromatic rings. The number of nitrogens with zero attached hydrogens (tertiary/aromatic N) is 3. The lowest BCUT2D eigenvalue weighted by Crippen LogP contribution is -2.47. The van der Waals surface area contributed by atoms with Gasteiger partial charge in [0, 0.05) is 50.4 Å². The molecular weight excluding hydrogens is 438 g/mol. The fourth-order valence-corrected chi connectivity index (χ4v) is 5.23. The first-order chi connectivity index (χ1) is 17.2. The first-order valence-corrected chi connectivity index (χ1v) is 12.4. The molecule has 0 bridgehead atoms. The van der Waals surface area contributed by atoms with E-state index in [1.165, 1.54) is 24.0 Å². The van der Waals surface area contributed by atoms with E-state index in [2.05, 4.69) is 45.6 Å². The summed E-state index contributed by atoms with van der Waals surface area (Å²) in [6, 6.07) is 24.7. The van der Waals surface area contributed by atoms with Gasteiger partial charge in [0.05, 0.1) is 0 Å². The lowest BCUT2D eigenvalue weighted by atomic mass is 10.1. The van der Waals surface area contributed by atoms with Crippen molar-refractivity contribution in [2.24, 2.45) is 0 Å². The Morgan fingerprint density at radius 2 is 1.89 bits per heavy atom. The van der Waals surface area contributed by atoms with Crippen LogP contribution in [0.4, 0.5) is 0 Å². The van der Waals surface area contributed by atoms with Gasteiger partial charge in [0.25, 0.3) is 0 Å². The molecule has 179 valence electrons. The maximum Gasteiger partial charge on any atom is 0.227 e. The van der Waals surface area contributed by atoms with Crippen LogP contribution in [0.2, 0.25) is 0 Å². The molecule has 1 aliphatic carbocycles. The maximum absolute atomic E-state index is 10.6. The Balaban J connectivity index is 0.999. The second-order valence-electron chi connectivity index (χ2n) is 9.41. The van der Waals surface area contributed by atoms with Crippen LogP contribution in [0.1, 0.15) is 23.6 Å². The Labute approximate surface area is 205 Å². The summed E-state index contributed by atoms with van der Waals surface area (Å²) in [5.41, 5.74) is 5.37. The number of hydrogen-bond acceptors (Lipinski definition) is 6. The van der Waals surface area contributed by atoms with Crippen molar-refractivity contribution in [1.29, 1.82) is 0 Å². The predicted octanol–water partition coefficient (Wildman–Crippen LogP) is 4.70. The van der Waals surface area contributed by atoms with Crippen molar-refractivity contribution in [3.63, 3.8) is 0 Å². The number of aliphatic hydroxyl groups is 1. The average molecular weight is 469 g/mol. The first-order valence-electron chi connectivity index (χ1n) is 12.4. The summed E-state index contributed by atoms with van der Waals surface area (Å²) in [5, 5.41) is 10.6. The van der Waals surface area contributed by atoms with Crippen molar-refractivity contribution in [2.75, 3.05) is 32.8 Å². The van der Waals surface area contributed by atoms with Gasteiger partial charge in [0.2, 0.25) is 5.89 Å². The number of β-amino-alcohol motifs (C(OH)–C–C–N with tert-alkyl or cyclic N) is 1. The fraction of sp³-hybridized carbons (Fsp3) is 0.310. The SMILES string of the molecule is O[C@@H](COc1ccc2oc(-c3ccccc3)nc2c1)CN1C[CH]N([C@H]2CCc3ccccc32)CC1. The zero-order valence-corrected chi connectivity index (χ0v) is 19.7. The van der Waals surface area contributed by atoms with Crippen molar-refractivity contribution in [2.45, 2.75) is 25.0 Å². The summed E-state index contributed by atoms with van der Waals surface area (Å²) >= 11 is 0. The van der Waals surface area contributed by atoms with Gasteiger partial charge in [-0.25, -0.2) is 4.98 Å². The van der Waals surface area contributed by atoms with E-state index < -0.39 is 6.10 Å². The Bertz CT molecular complexity index is 1280. The van der Waals surface area contributed by atoms with Crippen molar-refractivity contribution in [3.8, 4) is 17.2 Å². The molecule has 6 rings (SSSR count). The van der Waals surface area contributed by atoms with Gasteiger partial charge in [-0.15, -0.1) is 0 Å². The molecule has 0 amide bonds. The molecule has 2 aliphatic rings. The summed E-state index contributed by atoms with van der Waals surface area (Å²) in [4.78, 5) is 9.37. The molecule has 3 aromatic carbocycles. The largest absolute Gasteiger partial charge is 0.491 e. The standard InChI is InChI=1S/C29H30N3O3/c33-23(19-31-14-16-32(17-15-31)27-12-10-21-6-4-5-9-25(21)27)20-34-24-11-13-28-26(18-24)30-29(35-28)22-7-2-1-3-8-22/h1-9,11,13,16,18,23,27,33H,10,12,14-15,17,19-20H2/t23-,27+/m1/s1. The minimum absolute atomic E-state index is 0.241. The number of piperazine rings is 1. The van der Waals surface area contributed by atoms with Crippen LogP contribution in [-0.4, -0.2) is 58.8 Å². The zero-order chi connectivity index (χ0) is 23.6. The van der Waals surface area contributed by atoms with E-state index in [0.717, 1.165) is 36.3 Å². The Hall–Kier alpha value is -3.19. The van der Waals surface area contributed by atoms with Gasteiger partial charge in [-0.3, -0.25) is 9.80 Å². The third kappa shape index (κ3) is 4.82. The molecule has 1 fully saturated rings. The van der Waals surface area contributed by atoms with Crippen molar-refractivity contribution >= 4 is 11.1 Å². The molecule has 1 aliphatic heterocycles. The number of aryl methyl sites for hydroxylation is 1. The lowest BCUT2D eigenvalue weighted by Gasteiger charge is -2.38. The molecule has 35 heavy (non-hydrogen) atoms. The van der Waals surface area contributed by atoms with Gasteiger partial charge in [0.1, 0.15) is 24.0 Å². The third-order valence-corrected chi connectivity index (χ3v) is 7.04. The minimum Gasteiger partial charge on any atom is -0.491 e. The highest BCUT2D eigenvalue weighted by Gasteiger charge is 2.30. The van der Waals surface area contributed by atoms with Crippen LogP contribution >= 0.6 is 0 Å². The van der Waals surface area contributed by atoms with Gasteiger partial charge in [0.15, 0.2) is 5.58 Å². The molecule has 0 spiro atoms. The van der Waals surface area contributed by atoms with Crippen LogP contribution in [0.5, 0.6) is 5.75 Å². The summed E-state index contributed by atoms with van der Waals surface area (Å²) in [5.74, 6) is 1.27. The lowest BCUT2D eigenvalue weighted by molar-refractivity contribution is 0.0497. The van der Waals surface area contributed by atoms with E-state index in [4.69, 9.17) is 9.15 Å². The second-order valence-corrected chi connectivity index (χ2v) is 9.41. The van der Waals surface area contributed by atoms with Gasteiger partial charge >= 0.3 is 0 Å². The quantitative estimate of drug-likeness (QED) is 0.424. The van der Waals surface area contributed by atoms with E-state index in [1.807, 2.05) is 48.5 Å². The van der Waals surface area contributed by atoms with Crippen LogP contribution in [0, 0.1) is 6.54 Å². The van der Waals surface area contributed by atoms with Crippen molar-refractivity contribution in [3.05, 3.63) is 90.5 Å². The van der Waals surface area contributed by atoms with Gasteiger partial charge in [-0.05, 0) is 48.2 Å². The predicted molar refractivity (Wildman–Crippen MR) is 136 cm³/mol. The topological polar surface area (TPSA) is 62.0 Å². The van der Waals surface area contributed by atoms with Crippen LogP contribution in [0.25, 0.3) is 22.6 Å². The minimum atomic E-state index is -0.560. The van der Waals surface area contributed by atoms with Crippen LogP contribution in [0.15, 0.2) is 77.2 Å². The maximum atomic E-state index is 10.6. The van der Waals surface area contributed by atoms with E-state index in [1.54, 1.807) is 0 Å². The second kappa shape index (κ2) is 9.82. The highest BCUT2D eigenvalue weighted by Crippen LogP contribution is 2.36. The van der Waals surface area contributed by atoms with Crippen LogP contribution in [0.3, 0.4) is 0 Å². The molecule has 6 nitrogen and oxygen atoms in total. The number of benzene rings is 3. The third-order valence-electron chi connectivity index (χ3n) is 7.04. The zero-order valence-electron chi connectivity index (χ0n) is 19.7. The number of rotatable bonds is 7. The molecule has 0 unspecified atom stereocenters. The highest BCUT2D eigenvalue weighted by molar-refractivity contribution is 5.77. The normalized spacial score (nSPS) is 19.6. The summed E-state index contributed by atoms with van der Waals surface area (Å²) < 4.78 is 11.8. The molecule has 1 radical (unpaired) electrons. The van der Waals surface area contributed by atoms with Gasteiger partial charge < -0.3 is 14.3 Å². The number of oxazole rings is 1. The summed E-state index contributed by atoms with van der Waals surface area (Å²) in [6.45, 7) is 5.91. The van der Waals surface area contributed by atoms with E-state index in [-0.39, 0.29) is 6.61 Å². The van der Waals surface area contributed by atoms with E-state index >= 15 is 0 Å². The first kappa shape index (κ1) is 22.3. The Morgan fingerprint density at radius 1 is 1.03 bits per heavy atom. The number of hydrogen-bond donors (Lipinski definition) is 1. The van der Waals surface area contributed by atoms with E-state index in [0.29, 0.717) is 24.2 Å². The fourth-order valence-electron chi connectivity index (χ4n) is 5.23. The van der Waals surface area contributed by atoms with Crippen molar-refractivity contribution < 1.29 is 14.3 Å². The summed E-state index contributed by atoms with van der Waals surface area (Å²) in [6.07, 6.45) is 1.79. The number of ether oxygens (including phenoxy) is 1. The summed E-state index contributed by atoms with van der Waals surface area (Å²) in [7, 11) is 0. The molecule has 1 saturated heterocycles. The molecule has 0 saturated carbocycles. The molecular formula is C29H30N3O3. The molecule has 2 atom stereocenters. The molecule has 1 N–H and O–H groups in total. The van der Waals surface area contributed by atoms with E-state index in [9.17, 15) is 5.11 Å². The number of fused-ring (bicyclic) bond motifs is 2. The number of aliphatic hydroxyl groups excluding tert-OH is 1. The Kier molecular flexibility index (Phi) is 6.25. The molecule has 1 aromatic heterocycles. The smallest absolute Gasteiger partial charge is 0.227 e. The van der Waals surface area contributed by atoms with Crippen LogP contribution < -0.4 is 4.74 Å². The number of aromatic nitrogens is 1. The van der Waals surface area contributed by atoms with Crippen LogP contribution in [-0.2, 0) is 6.42 Å². The van der Waals surface area contributed by atoms with Gasteiger partial charge in [-0.2, -0.15) is 0 Å². The van der Waals surface area contributed by atoms with Crippen molar-refractivity contribution in [1.82, 2.24) is 14.8 Å². The molecule has 6 heteroatoms. The average Bonchev–Trinajstić information content (AvgIpc) is 3.53. The van der Waals surface area contributed by atoms with Gasteiger partial charge in [-0.1, -0.05) is 42.5 Å². The highest BCUT2D eigenvalue weighted by atomic mass is 16.5.